The molecule has 0 bridgehead atoms. The molecule has 1 aromatic heterocycles. The number of aromatic nitrogens is 2. The number of hydrogen-bond acceptors (Lipinski definition) is 4. The first kappa shape index (κ1) is 17.9. The number of aromatic amines is 1. The molecule has 1 saturated heterocycles. The van der Waals surface area contributed by atoms with Crippen LogP contribution in [0, 0.1) is 0 Å². The zero-order chi connectivity index (χ0) is 17.3. The second kappa shape index (κ2) is 6.61. The van der Waals surface area contributed by atoms with Crippen LogP contribution < -0.4 is 0 Å². The molecule has 2 N–H and O–H groups in total. The number of likely N-dealkylation sites (N-methyl/N-ethyl adjacent to an activating group) is 1. The zero-order valence-electron chi connectivity index (χ0n) is 15.0. The molecule has 1 amide bonds. The van der Waals surface area contributed by atoms with Crippen LogP contribution in [-0.4, -0.2) is 70.3 Å². The number of nitrogens with zero attached hydrogens (tertiary/aromatic N) is 3. The lowest BCUT2D eigenvalue weighted by Gasteiger charge is -2.29. The Kier molecular flexibility index (Phi) is 5.16. The van der Waals surface area contributed by atoms with E-state index in [9.17, 15) is 9.90 Å². The molecule has 1 unspecified atom stereocenters. The van der Waals surface area contributed by atoms with Gasteiger partial charge in [-0.1, -0.05) is 20.8 Å². The van der Waals surface area contributed by atoms with Gasteiger partial charge in [-0.25, -0.2) is 0 Å². The molecule has 1 aliphatic heterocycles. The van der Waals surface area contributed by atoms with E-state index >= 15 is 0 Å². The van der Waals surface area contributed by atoms with Crippen molar-refractivity contribution in [3.8, 4) is 0 Å². The maximum atomic E-state index is 12.7. The van der Waals surface area contributed by atoms with E-state index in [1.54, 1.807) is 0 Å². The molecule has 6 nitrogen and oxygen atoms in total. The number of carbonyl (C=O) groups excluding carboxylic acids is 1. The minimum absolute atomic E-state index is 0.0501. The van der Waals surface area contributed by atoms with Gasteiger partial charge in [0.25, 0.3) is 5.91 Å². The summed E-state index contributed by atoms with van der Waals surface area (Å²) in [5, 5.41) is 17.9. The summed E-state index contributed by atoms with van der Waals surface area (Å²) in [6, 6.07) is 1.85. The molecule has 0 aliphatic carbocycles. The first-order valence-electron chi connectivity index (χ1n) is 8.33. The highest BCUT2D eigenvalue weighted by atomic mass is 16.3. The van der Waals surface area contributed by atoms with Gasteiger partial charge in [0.05, 0.1) is 5.60 Å². The Balaban J connectivity index is 2.05. The van der Waals surface area contributed by atoms with Gasteiger partial charge in [-0.2, -0.15) is 5.10 Å². The first-order valence-corrected chi connectivity index (χ1v) is 8.33. The van der Waals surface area contributed by atoms with Gasteiger partial charge in [0.1, 0.15) is 5.69 Å². The van der Waals surface area contributed by atoms with Gasteiger partial charge in [-0.05, 0) is 39.4 Å². The Hall–Kier alpha value is -1.40. The van der Waals surface area contributed by atoms with E-state index in [-0.39, 0.29) is 11.3 Å². The third kappa shape index (κ3) is 4.54. The van der Waals surface area contributed by atoms with E-state index in [4.69, 9.17) is 0 Å². The fourth-order valence-corrected chi connectivity index (χ4v) is 3.11. The van der Waals surface area contributed by atoms with Crippen LogP contribution in [0.4, 0.5) is 0 Å². The van der Waals surface area contributed by atoms with E-state index in [1.165, 1.54) is 0 Å². The van der Waals surface area contributed by atoms with Crippen molar-refractivity contribution in [2.24, 2.45) is 0 Å². The Bertz CT molecular complexity index is 547. The molecular formula is C17H30N4O2. The van der Waals surface area contributed by atoms with Gasteiger partial charge in [0, 0.05) is 30.7 Å². The summed E-state index contributed by atoms with van der Waals surface area (Å²) in [6.07, 6.45) is 2.14. The minimum Gasteiger partial charge on any atom is -0.388 e. The lowest BCUT2D eigenvalue weighted by molar-refractivity contribution is 0.00303. The van der Waals surface area contributed by atoms with Crippen LogP contribution in [0.5, 0.6) is 0 Å². The van der Waals surface area contributed by atoms with Gasteiger partial charge in [0.15, 0.2) is 0 Å². The maximum Gasteiger partial charge on any atom is 0.274 e. The van der Waals surface area contributed by atoms with Crippen LogP contribution >= 0.6 is 0 Å². The molecule has 0 aromatic carbocycles. The number of nitrogens with one attached hydrogen (secondary N) is 1. The quantitative estimate of drug-likeness (QED) is 0.887. The normalized spacial score (nSPS) is 23.2. The van der Waals surface area contributed by atoms with Gasteiger partial charge < -0.3 is 14.9 Å². The van der Waals surface area contributed by atoms with Gasteiger partial charge in [-0.15, -0.1) is 0 Å². The smallest absolute Gasteiger partial charge is 0.274 e. The van der Waals surface area contributed by atoms with E-state index in [1.807, 2.05) is 30.0 Å². The van der Waals surface area contributed by atoms with Crippen LogP contribution in [0.3, 0.4) is 0 Å². The highest BCUT2D eigenvalue weighted by molar-refractivity contribution is 5.92. The fraction of sp³-hybridized carbons (Fsp3) is 0.765. The molecule has 1 fully saturated rings. The molecule has 0 radical (unpaired) electrons. The Morgan fingerprint density at radius 2 is 2.09 bits per heavy atom. The summed E-state index contributed by atoms with van der Waals surface area (Å²) < 4.78 is 0. The van der Waals surface area contributed by atoms with E-state index < -0.39 is 5.60 Å². The minimum atomic E-state index is -0.708. The first-order chi connectivity index (χ1) is 10.6. The molecule has 1 atom stereocenters. The average molecular weight is 322 g/mol. The number of amides is 1. The predicted octanol–water partition coefficient (Wildman–Crippen LogP) is 1.63. The Morgan fingerprint density at radius 3 is 2.65 bits per heavy atom. The molecule has 0 saturated carbocycles. The Morgan fingerprint density at radius 1 is 1.39 bits per heavy atom. The SMILES string of the molecule is CN(C)CC1(O)CCCN(C(=O)c2cc(C(C)(C)C)[nH]n2)CC1. The molecule has 1 aliphatic rings. The van der Waals surface area contributed by atoms with Crippen molar-refractivity contribution in [3.63, 3.8) is 0 Å². The summed E-state index contributed by atoms with van der Waals surface area (Å²) in [6.45, 7) is 8.13. The lowest BCUT2D eigenvalue weighted by atomic mass is 9.92. The van der Waals surface area contributed by atoms with Crippen LogP contribution in [0.25, 0.3) is 0 Å². The highest BCUT2D eigenvalue weighted by Crippen LogP contribution is 2.25. The molecule has 0 spiro atoms. The summed E-state index contributed by atoms with van der Waals surface area (Å²) in [5.41, 5.74) is 0.657. The molecule has 2 heterocycles. The third-order valence-corrected chi connectivity index (χ3v) is 4.42. The van der Waals surface area contributed by atoms with Gasteiger partial charge >= 0.3 is 0 Å². The van der Waals surface area contributed by atoms with Crippen molar-refractivity contribution < 1.29 is 9.90 Å². The Labute approximate surface area is 138 Å². The van der Waals surface area contributed by atoms with Crippen molar-refractivity contribution in [3.05, 3.63) is 17.5 Å². The number of H-pyrrole nitrogens is 1. The average Bonchev–Trinajstić information content (AvgIpc) is 2.83. The summed E-state index contributed by atoms with van der Waals surface area (Å²) in [5.74, 6) is -0.0501. The van der Waals surface area contributed by atoms with E-state index in [0.717, 1.165) is 18.5 Å². The maximum absolute atomic E-state index is 12.7. The topological polar surface area (TPSA) is 72.5 Å². The zero-order valence-corrected chi connectivity index (χ0v) is 15.0. The van der Waals surface area contributed by atoms with Crippen molar-refractivity contribution in [2.45, 2.75) is 51.0 Å². The molecule has 130 valence electrons. The van der Waals surface area contributed by atoms with Gasteiger partial charge in [0.2, 0.25) is 0 Å². The number of rotatable bonds is 3. The lowest BCUT2D eigenvalue weighted by Crippen LogP contribution is -2.41. The summed E-state index contributed by atoms with van der Waals surface area (Å²) in [7, 11) is 3.92. The second-order valence-corrected chi connectivity index (χ2v) is 8.02. The second-order valence-electron chi connectivity index (χ2n) is 8.02. The van der Waals surface area contributed by atoms with Crippen LogP contribution in [-0.2, 0) is 5.41 Å². The van der Waals surface area contributed by atoms with Gasteiger partial charge in [-0.3, -0.25) is 9.89 Å². The molecule has 1 aromatic rings. The molecule has 2 rings (SSSR count). The molecular weight excluding hydrogens is 292 g/mol. The fourth-order valence-electron chi connectivity index (χ4n) is 3.11. The standard InChI is InChI=1S/C17H30N4O2/c1-16(2,3)14-11-13(18-19-14)15(22)21-9-6-7-17(23,8-10-21)12-20(4)5/h11,23H,6-10,12H2,1-5H3,(H,18,19). The molecule has 6 heteroatoms. The van der Waals surface area contributed by atoms with Crippen molar-refractivity contribution in [1.82, 2.24) is 20.0 Å². The van der Waals surface area contributed by atoms with Crippen molar-refractivity contribution >= 4 is 5.91 Å². The van der Waals surface area contributed by atoms with E-state index in [0.29, 0.717) is 31.7 Å². The predicted molar refractivity (Wildman–Crippen MR) is 90.5 cm³/mol. The number of carbonyl (C=O) groups is 1. The van der Waals surface area contributed by atoms with E-state index in [2.05, 4.69) is 31.0 Å². The van der Waals surface area contributed by atoms with Crippen LogP contribution in [0.15, 0.2) is 6.07 Å². The number of aliphatic hydroxyl groups is 1. The van der Waals surface area contributed by atoms with Crippen LogP contribution in [0.1, 0.15) is 56.2 Å². The van der Waals surface area contributed by atoms with Crippen molar-refractivity contribution in [1.29, 1.82) is 0 Å². The number of likely N-dealkylation sites (tertiary alicyclic amines) is 1. The summed E-state index contributed by atoms with van der Waals surface area (Å²) in [4.78, 5) is 16.5. The van der Waals surface area contributed by atoms with Crippen LogP contribution in [0.2, 0.25) is 0 Å². The highest BCUT2D eigenvalue weighted by Gasteiger charge is 2.33. The monoisotopic (exact) mass is 322 g/mol. The third-order valence-electron chi connectivity index (χ3n) is 4.42. The number of hydrogen-bond donors (Lipinski definition) is 2. The summed E-state index contributed by atoms with van der Waals surface area (Å²) >= 11 is 0. The van der Waals surface area contributed by atoms with Crippen molar-refractivity contribution in [2.75, 3.05) is 33.7 Å². The largest absolute Gasteiger partial charge is 0.388 e. The molecule has 23 heavy (non-hydrogen) atoms.